The lowest BCUT2D eigenvalue weighted by Gasteiger charge is -2.21. The van der Waals surface area contributed by atoms with E-state index in [0.29, 0.717) is 24.4 Å². The van der Waals surface area contributed by atoms with Gasteiger partial charge in [0.05, 0.1) is 5.52 Å². The van der Waals surface area contributed by atoms with Crippen LogP contribution in [0.5, 0.6) is 11.5 Å². The van der Waals surface area contributed by atoms with Gasteiger partial charge in [0.1, 0.15) is 0 Å². The number of rotatable bonds is 4. The van der Waals surface area contributed by atoms with Crippen LogP contribution < -0.4 is 20.1 Å². The van der Waals surface area contributed by atoms with Crippen molar-refractivity contribution in [3.05, 3.63) is 60.3 Å². The summed E-state index contributed by atoms with van der Waals surface area (Å²) in [6.45, 7) is 0.523. The van der Waals surface area contributed by atoms with Crippen molar-refractivity contribution < 1.29 is 14.3 Å². The molecule has 2 heterocycles. The van der Waals surface area contributed by atoms with Gasteiger partial charge in [-0.1, -0.05) is 24.3 Å². The van der Waals surface area contributed by atoms with Gasteiger partial charge in [0.15, 0.2) is 11.5 Å². The van der Waals surface area contributed by atoms with Crippen LogP contribution in [0.15, 0.2) is 54.7 Å². The number of hydrogen-bond donors (Lipinski definition) is 2. The molecule has 1 aromatic heterocycles. The summed E-state index contributed by atoms with van der Waals surface area (Å²) in [5.74, 6) is 0.961. The van der Waals surface area contributed by atoms with Crippen molar-refractivity contribution in [2.75, 3.05) is 11.9 Å². The second-order valence-electron chi connectivity index (χ2n) is 7.61. The van der Waals surface area contributed by atoms with Gasteiger partial charge in [-0.25, -0.2) is 4.79 Å². The highest BCUT2D eigenvalue weighted by Crippen LogP contribution is 2.47. The van der Waals surface area contributed by atoms with Gasteiger partial charge in [0.2, 0.25) is 0 Å². The van der Waals surface area contributed by atoms with Gasteiger partial charge < -0.3 is 20.1 Å². The van der Waals surface area contributed by atoms with E-state index in [2.05, 4.69) is 15.6 Å². The number of ether oxygens (including phenoxy) is 2. The lowest BCUT2D eigenvalue weighted by atomic mass is 10.1. The maximum atomic E-state index is 12.3. The molecule has 1 saturated carbocycles. The molecule has 2 aliphatic rings. The van der Waals surface area contributed by atoms with Crippen LogP contribution in [0.4, 0.5) is 10.5 Å². The van der Waals surface area contributed by atoms with Crippen LogP contribution in [0.1, 0.15) is 31.2 Å². The molecule has 2 N–H and O–H groups in total. The summed E-state index contributed by atoms with van der Waals surface area (Å²) in [7, 11) is 0. The van der Waals surface area contributed by atoms with Crippen LogP contribution in [0.3, 0.4) is 0 Å². The van der Waals surface area contributed by atoms with E-state index in [1.165, 1.54) is 0 Å². The Morgan fingerprint density at radius 1 is 1.03 bits per heavy atom. The second-order valence-corrected chi connectivity index (χ2v) is 7.61. The van der Waals surface area contributed by atoms with Crippen molar-refractivity contribution in [3.63, 3.8) is 0 Å². The SMILES string of the molecule is O=C(NCCc1cccc2cccnc12)Nc1ccc2c(c1)OC1(CCCC1)O2. The van der Waals surface area contributed by atoms with Gasteiger partial charge in [0.25, 0.3) is 5.79 Å². The third-order valence-corrected chi connectivity index (χ3v) is 5.56. The van der Waals surface area contributed by atoms with Crippen LogP contribution in [0.2, 0.25) is 0 Å². The molecular weight excluding hydrogens is 366 g/mol. The Labute approximate surface area is 169 Å². The minimum atomic E-state index is -0.490. The Morgan fingerprint density at radius 3 is 2.76 bits per heavy atom. The summed E-state index contributed by atoms with van der Waals surface area (Å²) >= 11 is 0. The average Bonchev–Trinajstić information content (AvgIpc) is 3.33. The van der Waals surface area contributed by atoms with E-state index in [4.69, 9.17) is 9.47 Å². The van der Waals surface area contributed by atoms with Crippen LogP contribution in [0.25, 0.3) is 10.9 Å². The third-order valence-electron chi connectivity index (χ3n) is 5.56. The number of para-hydroxylation sites is 1. The van der Waals surface area contributed by atoms with Crippen molar-refractivity contribution >= 4 is 22.6 Å². The first-order valence-electron chi connectivity index (χ1n) is 10.1. The second kappa shape index (κ2) is 7.28. The number of hydrogen-bond acceptors (Lipinski definition) is 4. The van der Waals surface area contributed by atoms with Crippen molar-refractivity contribution in [2.24, 2.45) is 0 Å². The first-order chi connectivity index (χ1) is 14.2. The molecule has 5 rings (SSSR count). The lowest BCUT2D eigenvalue weighted by Crippen LogP contribution is -2.34. The summed E-state index contributed by atoms with van der Waals surface area (Å²) in [6, 6.07) is 15.4. The zero-order chi connectivity index (χ0) is 19.7. The molecule has 148 valence electrons. The number of nitrogens with zero attached hydrogens (tertiary/aromatic N) is 1. The van der Waals surface area contributed by atoms with Crippen molar-refractivity contribution in [3.8, 4) is 11.5 Å². The first kappa shape index (κ1) is 17.8. The number of carbonyl (C=O) groups excluding carboxylic acids is 1. The van der Waals surface area contributed by atoms with Gasteiger partial charge in [-0.2, -0.15) is 0 Å². The summed E-state index contributed by atoms with van der Waals surface area (Å²) in [6.07, 6.45) is 6.57. The van der Waals surface area contributed by atoms with E-state index in [9.17, 15) is 4.79 Å². The molecule has 6 heteroatoms. The quantitative estimate of drug-likeness (QED) is 0.682. The van der Waals surface area contributed by atoms with E-state index in [1.54, 1.807) is 6.20 Å². The molecule has 0 atom stereocenters. The molecule has 0 saturated heterocycles. The number of anilines is 1. The van der Waals surface area contributed by atoms with Crippen LogP contribution in [-0.2, 0) is 6.42 Å². The van der Waals surface area contributed by atoms with Gasteiger partial charge in [-0.3, -0.25) is 4.98 Å². The highest BCUT2D eigenvalue weighted by molar-refractivity contribution is 5.89. The monoisotopic (exact) mass is 389 g/mol. The Balaban J connectivity index is 1.18. The zero-order valence-corrected chi connectivity index (χ0v) is 16.1. The van der Waals surface area contributed by atoms with Crippen molar-refractivity contribution in [1.29, 1.82) is 0 Å². The van der Waals surface area contributed by atoms with Gasteiger partial charge in [-0.05, 0) is 43.0 Å². The van der Waals surface area contributed by atoms with E-state index >= 15 is 0 Å². The predicted octanol–water partition coefficient (Wildman–Crippen LogP) is 4.64. The Kier molecular flexibility index (Phi) is 4.46. The van der Waals surface area contributed by atoms with E-state index < -0.39 is 5.79 Å². The fraction of sp³-hybridized carbons (Fsp3) is 0.304. The predicted molar refractivity (Wildman–Crippen MR) is 111 cm³/mol. The molecule has 3 aromatic rings. The lowest BCUT2D eigenvalue weighted by molar-refractivity contribution is -0.0716. The molecule has 1 aliphatic heterocycles. The normalized spacial score (nSPS) is 16.3. The molecular formula is C23H23N3O3. The Bertz CT molecular complexity index is 1050. The zero-order valence-electron chi connectivity index (χ0n) is 16.1. The number of pyridine rings is 1. The van der Waals surface area contributed by atoms with Crippen LogP contribution in [0, 0.1) is 0 Å². The minimum Gasteiger partial charge on any atom is -0.448 e. The van der Waals surface area contributed by atoms with Crippen molar-refractivity contribution in [2.45, 2.75) is 37.9 Å². The van der Waals surface area contributed by atoms with Crippen molar-refractivity contribution in [1.82, 2.24) is 10.3 Å². The number of carbonyl (C=O) groups is 1. The maximum absolute atomic E-state index is 12.3. The largest absolute Gasteiger partial charge is 0.448 e. The molecule has 1 aliphatic carbocycles. The maximum Gasteiger partial charge on any atom is 0.319 e. The highest BCUT2D eigenvalue weighted by Gasteiger charge is 2.44. The summed E-state index contributed by atoms with van der Waals surface area (Å²) in [5.41, 5.74) is 2.79. The van der Waals surface area contributed by atoms with Gasteiger partial charge in [0, 0.05) is 42.7 Å². The fourth-order valence-electron chi connectivity index (χ4n) is 4.14. The van der Waals surface area contributed by atoms with Gasteiger partial charge in [-0.15, -0.1) is 0 Å². The molecule has 0 radical (unpaired) electrons. The third kappa shape index (κ3) is 3.58. The molecule has 0 bridgehead atoms. The van der Waals surface area contributed by atoms with E-state index in [-0.39, 0.29) is 6.03 Å². The molecule has 2 amide bonds. The number of nitrogens with one attached hydrogen (secondary N) is 2. The van der Waals surface area contributed by atoms with Crippen LogP contribution in [-0.4, -0.2) is 23.3 Å². The average molecular weight is 389 g/mol. The van der Waals surface area contributed by atoms with E-state index in [0.717, 1.165) is 47.9 Å². The first-order valence-corrected chi connectivity index (χ1v) is 10.1. The number of amides is 2. The number of aromatic nitrogens is 1. The number of urea groups is 1. The Morgan fingerprint density at radius 2 is 1.86 bits per heavy atom. The summed E-state index contributed by atoms with van der Waals surface area (Å²) in [5, 5.41) is 6.89. The molecule has 1 spiro atoms. The summed E-state index contributed by atoms with van der Waals surface area (Å²) in [4.78, 5) is 16.8. The molecule has 0 unspecified atom stereocenters. The molecule has 6 nitrogen and oxygen atoms in total. The number of fused-ring (bicyclic) bond motifs is 2. The molecule has 1 fully saturated rings. The Hall–Kier alpha value is -3.28. The molecule has 2 aromatic carbocycles. The molecule has 29 heavy (non-hydrogen) atoms. The van der Waals surface area contributed by atoms with Crippen LogP contribution >= 0.6 is 0 Å². The smallest absolute Gasteiger partial charge is 0.319 e. The van der Waals surface area contributed by atoms with E-state index in [1.807, 2.05) is 48.5 Å². The van der Waals surface area contributed by atoms with Gasteiger partial charge >= 0.3 is 6.03 Å². The fourth-order valence-corrected chi connectivity index (χ4v) is 4.14. The number of benzene rings is 2. The highest BCUT2D eigenvalue weighted by atomic mass is 16.7. The topological polar surface area (TPSA) is 72.5 Å². The standard InChI is InChI=1S/C23H23N3O3/c27-22(25-14-10-17-6-3-5-16-7-4-13-24-21(16)17)26-18-8-9-19-20(15-18)29-23(28-19)11-1-2-12-23/h3-9,13,15H,1-2,10-12,14H2,(H2,25,26,27). The minimum absolute atomic E-state index is 0.243. The summed E-state index contributed by atoms with van der Waals surface area (Å²) < 4.78 is 12.1.